The van der Waals surface area contributed by atoms with Gasteiger partial charge in [0.1, 0.15) is 5.70 Å². The van der Waals surface area contributed by atoms with Gasteiger partial charge in [-0.2, -0.15) is 0 Å². The third-order valence-corrected chi connectivity index (χ3v) is 2.79. The summed E-state index contributed by atoms with van der Waals surface area (Å²) in [4.78, 5) is 24.6. The molecule has 3 amide bonds. The van der Waals surface area contributed by atoms with Crippen molar-refractivity contribution in [1.29, 1.82) is 0 Å². The van der Waals surface area contributed by atoms with E-state index in [9.17, 15) is 14.7 Å². The van der Waals surface area contributed by atoms with Crippen LogP contribution in [0.25, 0.3) is 6.08 Å². The fraction of sp³-hybridized carbons (Fsp3) is 0.143. The number of nitrogens with one attached hydrogen (secondary N) is 1. The molecule has 0 aliphatic carbocycles. The van der Waals surface area contributed by atoms with Crippen LogP contribution in [-0.4, -0.2) is 35.6 Å². The van der Waals surface area contributed by atoms with Crippen LogP contribution in [0.2, 0.25) is 0 Å². The van der Waals surface area contributed by atoms with Crippen molar-refractivity contribution in [3.8, 4) is 11.5 Å². The van der Waals surface area contributed by atoms with E-state index in [1.807, 2.05) is 0 Å². The molecule has 0 atom stereocenters. The summed E-state index contributed by atoms with van der Waals surface area (Å²) in [5.41, 5.74) is 0.730. The molecule has 1 saturated heterocycles. The molecule has 1 aromatic carbocycles. The maximum absolute atomic E-state index is 12.0. The molecule has 0 bridgehead atoms. The summed E-state index contributed by atoms with van der Waals surface area (Å²) >= 11 is 0. The van der Waals surface area contributed by atoms with Gasteiger partial charge in [-0.15, -0.1) is 6.58 Å². The molecule has 2 N–H and O–H groups in total. The monoisotopic (exact) mass is 274 g/mol. The number of phenolic OH excluding ortho intramolecular Hbond substituents is 1. The Labute approximate surface area is 116 Å². The summed E-state index contributed by atoms with van der Waals surface area (Å²) in [7, 11) is 1.45. The van der Waals surface area contributed by atoms with Crippen molar-refractivity contribution >= 4 is 18.0 Å². The van der Waals surface area contributed by atoms with E-state index < -0.39 is 11.9 Å². The summed E-state index contributed by atoms with van der Waals surface area (Å²) in [6, 6.07) is 4.20. The van der Waals surface area contributed by atoms with Crippen LogP contribution >= 0.6 is 0 Å². The molecule has 1 fully saturated rings. The molecule has 2 rings (SSSR count). The highest BCUT2D eigenvalue weighted by Gasteiger charge is 2.32. The molecular formula is C14H14N2O4. The minimum absolute atomic E-state index is 0.0402. The third kappa shape index (κ3) is 2.49. The highest BCUT2D eigenvalue weighted by atomic mass is 16.5. The van der Waals surface area contributed by atoms with E-state index in [2.05, 4.69) is 11.9 Å². The van der Waals surface area contributed by atoms with Gasteiger partial charge in [-0.1, -0.05) is 12.1 Å². The van der Waals surface area contributed by atoms with Gasteiger partial charge >= 0.3 is 6.03 Å². The Balaban J connectivity index is 2.28. The molecule has 1 heterocycles. The van der Waals surface area contributed by atoms with Gasteiger partial charge in [0.05, 0.1) is 7.11 Å². The molecule has 104 valence electrons. The lowest BCUT2D eigenvalue weighted by molar-refractivity contribution is -0.122. The van der Waals surface area contributed by atoms with Crippen molar-refractivity contribution in [2.45, 2.75) is 0 Å². The fourth-order valence-electron chi connectivity index (χ4n) is 1.83. The number of amides is 3. The summed E-state index contributed by atoms with van der Waals surface area (Å²) in [5.74, 6) is -0.131. The van der Waals surface area contributed by atoms with Crippen molar-refractivity contribution in [2.75, 3.05) is 13.7 Å². The Morgan fingerprint density at radius 3 is 2.80 bits per heavy atom. The van der Waals surface area contributed by atoms with E-state index in [0.29, 0.717) is 11.3 Å². The number of phenols is 1. The minimum atomic E-state index is -0.487. The molecule has 1 aromatic rings. The molecule has 6 heteroatoms. The maximum Gasteiger partial charge on any atom is 0.329 e. The van der Waals surface area contributed by atoms with Crippen molar-refractivity contribution in [1.82, 2.24) is 10.2 Å². The Morgan fingerprint density at radius 2 is 2.20 bits per heavy atom. The van der Waals surface area contributed by atoms with E-state index >= 15 is 0 Å². The molecule has 0 unspecified atom stereocenters. The predicted molar refractivity (Wildman–Crippen MR) is 73.1 cm³/mol. The summed E-state index contributed by atoms with van der Waals surface area (Å²) in [6.45, 7) is 3.64. The second-order valence-corrected chi connectivity index (χ2v) is 4.12. The smallest absolute Gasteiger partial charge is 0.329 e. The molecule has 0 radical (unpaired) electrons. The zero-order valence-corrected chi connectivity index (χ0v) is 10.9. The van der Waals surface area contributed by atoms with E-state index in [-0.39, 0.29) is 18.0 Å². The van der Waals surface area contributed by atoms with Crippen LogP contribution in [0, 0.1) is 0 Å². The van der Waals surface area contributed by atoms with Crippen LogP contribution in [0.15, 0.2) is 36.6 Å². The van der Waals surface area contributed by atoms with E-state index in [0.717, 1.165) is 4.90 Å². The normalized spacial score (nSPS) is 16.4. The van der Waals surface area contributed by atoms with E-state index in [4.69, 9.17) is 4.74 Å². The van der Waals surface area contributed by atoms with Gasteiger partial charge in [-0.05, 0) is 23.8 Å². The summed E-state index contributed by atoms with van der Waals surface area (Å²) in [5, 5.41) is 12.1. The Kier molecular flexibility index (Phi) is 3.74. The van der Waals surface area contributed by atoms with Gasteiger partial charge in [-0.25, -0.2) is 4.79 Å². The number of carbonyl (C=O) groups is 2. The maximum atomic E-state index is 12.0. The van der Waals surface area contributed by atoms with Crippen molar-refractivity contribution in [3.05, 3.63) is 42.1 Å². The third-order valence-electron chi connectivity index (χ3n) is 2.79. The number of hydrogen-bond donors (Lipinski definition) is 2. The lowest BCUT2D eigenvalue weighted by atomic mass is 10.1. The van der Waals surface area contributed by atoms with E-state index in [1.54, 1.807) is 12.1 Å². The lowest BCUT2D eigenvalue weighted by Gasteiger charge is -2.07. The predicted octanol–water partition coefficient (Wildman–Crippen LogP) is 1.48. The lowest BCUT2D eigenvalue weighted by Crippen LogP contribution is -2.30. The van der Waals surface area contributed by atoms with Crippen molar-refractivity contribution < 1.29 is 19.4 Å². The highest BCUT2D eigenvalue weighted by Crippen LogP contribution is 2.27. The first-order valence-electron chi connectivity index (χ1n) is 5.89. The number of hydrogen-bond acceptors (Lipinski definition) is 4. The number of rotatable bonds is 4. The van der Waals surface area contributed by atoms with Crippen LogP contribution < -0.4 is 10.1 Å². The van der Waals surface area contributed by atoms with Crippen LogP contribution in [0.5, 0.6) is 11.5 Å². The number of nitrogens with zero attached hydrogens (tertiary/aromatic N) is 1. The molecular weight excluding hydrogens is 260 g/mol. The van der Waals surface area contributed by atoms with Crippen molar-refractivity contribution in [3.63, 3.8) is 0 Å². The summed E-state index contributed by atoms with van der Waals surface area (Å²) in [6.07, 6.45) is 2.96. The van der Waals surface area contributed by atoms with Gasteiger partial charge in [-0.3, -0.25) is 9.69 Å². The average Bonchev–Trinajstić information content (AvgIpc) is 2.67. The minimum Gasteiger partial charge on any atom is -0.504 e. The van der Waals surface area contributed by atoms with Gasteiger partial charge in [0.2, 0.25) is 0 Å². The Bertz CT molecular complexity index is 607. The van der Waals surface area contributed by atoms with Gasteiger partial charge in [0.25, 0.3) is 5.91 Å². The second-order valence-electron chi connectivity index (χ2n) is 4.12. The number of aromatic hydroxyl groups is 1. The van der Waals surface area contributed by atoms with Crippen LogP contribution in [0.3, 0.4) is 0 Å². The van der Waals surface area contributed by atoms with Crippen molar-refractivity contribution in [2.24, 2.45) is 0 Å². The number of urea groups is 1. The van der Waals surface area contributed by atoms with Crippen LogP contribution in [0.4, 0.5) is 4.79 Å². The number of imide groups is 1. The zero-order valence-electron chi connectivity index (χ0n) is 10.9. The molecule has 1 aliphatic heterocycles. The molecule has 1 aliphatic rings. The average molecular weight is 274 g/mol. The highest BCUT2D eigenvalue weighted by molar-refractivity contribution is 6.14. The Morgan fingerprint density at radius 1 is 1.45 bits per heavy atom. The molecule has 0 saturated carbocycles. The number of ether oxygens (including phenoxy) is 1. The van der Waals surface area contributed by atoms with Gasteiger partial charge < -0.3 is 15.2 Å². The number of carbonyl (C=O) groups excluding carboxylic acids is 2. The van der Waals surface area contributed by atoms with Gasteiger partial charge in [0, 0.05) is 6.54 Å². The van der Waals surface area contributed by atoms with E-state index in [1.165, 1.54) is 25.3 Å². The molecule has 0 spiro atoms. The summed E-state index contributed by atoms with van der Waals surface area (Å²) < 4.78 is 4.93. The molecule has 0 aromatic heterocycles. The number of benzene rings is 1. The fourth-order valence-corrected chi connectivity index (χ4v) is 1.83. The van der Waals surface area contributed by atoms with Crippen LogP contribution in [0.1, 0.15) is 5.56 Å². The first-order valence-corrected chi connectivity index (χ1v) is 5.89. The first kappa shape index (κ1) is 13.7. The molecule has 20 heavy (non-hydrogen) atoms. The standard InChI is InChI=1S/C14H14N2O4/c1-3-6-16-13(18)10(15-14(16)19)7-9-4-5-12(20-2)11(17)8-9/h3-5,7-8,17H,1,6H2,2H3,(H,15,19)/b10-7+. The SMILES string of the molecule is C=CCN1C(=O)N/C(=C/c2ccc(OC)c(O)c2)C1=O. The zero-order chi connectivity index (χ0) is 14.7. The quantitative estimate of drug-likeness (QED) is 0.495. The Hall–Kier alpha value is -2.76. The largest absolute Gasteiger partial charge is 0.504 e. The van der Waals surface area contributed by atoms with Gasteiger partial charge in [0.15, 0.2) is 11.5 Å². The molecule has 6 nitrogen and oxygen atoms in total. The number of methoxy groups -OCH3 is 1. The first-order chi connectivity index (χ1) is 9.56. The van der Waals surface area contributed by atoms with Crippen LogP contribution in [-0.2, 0) is 4.79 Å². The second kappa shape index (κ2) is 5.48. The topological polar surface area (TPSA) is 78.9 Å².